The summed E-state index contributed by atoms with van der Waals surface area (Å²) in [5.74, 6) is -5.90. The first kappa shape index (κ1) is 26.0. The van der Waals surface area contributed by atoms with E-state index >= 15 is 0 Å². The van der Waals surface area contributed by atoms with Crippen LogP contribution in [-0.4, -0.2) is 58.5 Å². The van der Waals surface area contributed by atoms with Gasteiger partial charge in [-0.2, -0.15) is 0 Å². The van der Waals surface area contributed by atoms with E-state index in [2.05, 4.69) is 0 Å². The molecular formula is C24H31NO8. The fourth-order valence-corrected chi connectivity index (χ4v) is 3.53. The molecule has 9 heteroatoms. The minimum atomic E-state index is -1.99. The van der Waals surface area contributed by atoms with Gasteiger partial charge in [-0.1, -0.05) is 12.1 Å². The normalized spacial score (nSPS) is 15.7. The molecule has 9 nitrogen and oxygen atoms in total. The van der Waals surface area contributed by atoms with E-state index in [-0.39, 0.29) is 11.1 Å². The zero-order chi connectivity index (χ0) is 25.4. The second-order valence-corrected chi connectivity index (χ2v) is 10.1. The molecule has 180 valence electrons. The Labute approximate surface area is 193 Å². The smallest absolute Gasteiger partial charge is 0.332 e. The maximum Gasteiger partial charge on any atom is 0.332 e. The molecule has 1 atom stereocenters. The molecule has 0 fully saturated rings. The number of fused-ring (bicyclic) bond motifs is 1. The fourth-order valence-electron chi connectivity index (χ4n) is 3.53. The van der Waals surface area contributed by atoms with Crippen LogP contribution in [0.5, 0.6) is 0 Å². The van der Waals surface area contributed by atoms with Crippen molar-refractivity contribution in [3.8, 4) is 0 Å². The van der Waals surface area contributed by atoms with Crippen molar-refractivity contribution in [2.24, 2.45) is 5.92 Å². The first-order valence-electron chi connectivity index (χ1n) is 10.5. The second-order valence-electron chi connectivity index (χ2n) is 10.1. The van der Waals surface area contributed by atoms with Crippen molar-refractivity contribution >= 4 is 29.7 Å². The quantitative estimate of drug-likeness (QED) is 0.275. The number of amides is 2. The van der Waals surface area contributed by atoms with Crippen LogP contribution >= 0.6 is 0 Å². The lowest BCUT2D eigenvalue weighted by atomic mass is 9.86. The van der Waals surface area contributed by atoms with Crippen LogP contribution in [0.15, 0.2) is 24.3 Å². The molecule has 0 saturated carbocycles. The summed E-state index contributed by atoms with van der Waals surface area (Å²) in [6, 6.07) is 6.11. The minimum absolute atomic E-state index is 0.115. The predicted octanol–water partition coefficient (Wildman–Crippen LogP) is 2.90. The predicted molar refractivity (Wildman–Crippen MR) is 117 cm³/mol. The number of benzene rings is 1. The van der Waals surface area contributed by atoms with Gasteiger partial charge < -0.3 is 14.2 Å². The number of hydrogen-bond donors (Lipinski definition) is 0. The SMILES string of the molecule is COC(=O)C(C)(CC(C(=O)OC(C)(C)C)C(=O)OC(C)(C)C)N1C(=O)c2ccccc2C1=O. The topological polar surface area (TPSA) is 116 Å². The number of esters is 3. The molecule has 0 bridgehead atoms. The van der Waals surface area contributed by atoms with Gasteiger partial charge in [-0.25, -0.2) is 4.79 Å². The highest BCUT2D eigenvalue weighted by Crippen LogP contribution is 2.35. The van der Waals surface area contributed by atoms with E-state index < -0.39 is 58.8 Å². The van der Waals surface area contributed by atoms with Crippen molar-refractivity contribution in [3.05, 3.63) is 35.4 Å². The average molecular weight is 462 g/mol. The van der Waals surface area contributed by atoms with Gasteiger partial charge in [-0.3, -0.25) is 24.1 Å². The van der Waals surface area contributed by atoms with E-state index in [9.17, 15) is 24.0 Å². The molecule has 0 radical (unpaired) electrons. The Kier molecular flexibility index (Phi) is 7.06. The molecule has 0 spiro atoms. The van der Waals surface area contributed by atoms with Crippen molar-refractivity contribution in [2.45, 2.75) is 71.6 Å². The third-order valence-corrected chi connectivity index (χ3v) is 4.90. The van der Waals surface area contributed by atoms with Gasteiger partial charge in [0, 0.05) is 6.42 Å². The summed E-state index contributed by atoms with van der Waals surface area (Å²) in [7, 11) is 1.09. The summed E-state index contributed by atoms with van der Waals surface area (Å²) in [5, 5.41) is 0. The number of imide groups is 1. The van der Waals surface area contributed by atoms with Crippen LogP contribution < -0.4 is 0 Å². The van der Waals surface area contributed by atoms with Crippen LogP contribution in [0.25, 0.3) is 0 Å². The summed E-state index contributed by atoms with van der Waals surface area (Å²) < 4.78 is 15.7. The summed E-state index contributed by atoms with van der Waals surface area (Å²) in [6.45, 7) is 11.0. The Hall–Kier alpha value is -3.23. The van der Waals surface area contributed by atoms with Crippen LogP contribution in [0.3, 0.4) is 0 Å². The summed E-state index contributed by atoms with van der Waals surface area (Å²) >= 11 is 0. The number of ether oxygens (including phenoxy) is 3. The molecular weight excluding hydrogens is 430 g/mol. The molecule has 2 amide bonds. The van der Waals surface area contributed by atoms with Crippen molar-refractivity contribution in [1.82, 2.24) is 4.90 Å². The largest absolute Gasteiger partial charge is 0.467 e. The molecule has 0 N–H and O–H groups in total. The van der Waals surface area contributed by atoms with E-state index in [0.717, 1.165) is 12.0 Å². The van der Waals surface area contributed by atoms with E-state index in [0.29, 0.717) is 0 Å². The molecule has 2 rings (SSSR count). The van der Waals surface area contributed by atoms with Gasteiger partial charge in [-0.15, -0.1) is 0 Å². The molecule has 0 aromatic heterocycles. The van der Waals surface area contributed by atoms with Crippen LogP contribution in [0, 0.1) is 5.92 Å². The van der Waals surface area contributed by atoms with E-state index in [1.54, 1.807) is 53.7 Å². The number of methoxy groups -OCH3 is 1. The molecule has 1 heterocycles. The Bertz CT molecular complexity index is 922. The molecule has 1 aliphatic heterocycles. The highest BCUT2D eigenvalue weighted by atomic mass is 16.6. The number of carbonyl (C=O) groups excluding carboxylic acids is 5. The van der Waals surface area contributed by atoms with Crippen molar-refractivity contribution < 1.29 is 38.2 Å². The zero-order valence-electron chi connectivity index (χ0n) is 20.3. The molecule has 1 aromatic rings. The Morgan fingerprint density at radius 3 is 1.55 bits per heavy atom. The maximum absolute atomic E-state index is 13.1. The van der Waals surface area contributed by atoms with E-state index in [1.165, 1.54) is 19.1 Å². The molecule has 1 unspecified atom stereocenters. The third-order valence-electron chi connectivity index (χ3n) is 4.90. The summed E-state index contributed by atoms with van der Waals surface area (Å²) in [5.41, 5.74) is -3.63. The van der Waals surface area contributed by atoms with Gasteiger partial charge >= 0.3 is 17.9 Å². The minimum Gasteiger partial charge on any atom is -0.467 e. The third kappa shape index (κ3) is 5.58. The number of carbonyl (C=O) groups is 5. The zero-order valence-corrected chi connectivity index (χ0v) is 20.3. The number of rotatable bonds is 6. The second kappa shape index (κ2) is 8.96. The van der Waals surface area contributed by atoms with Crippen LogP contribution in [0.1, 0.15) is 75.6 Å². The fraction of sp³-hybridized carbons (Fsp3) is 0.542. The Balaban J connectivity index is 2.55. The van der Waals surface area contributed by atoms with Crippen molar-refractivity contribution in [2.75, 3.05) is 7.11 Å². The highest BCUT2D eigenvalue weighted by molar-refractivity contribution is 6.23. The van der Waals surface area contributed by atoms with Crippen LogP contribution in [0.2, 0.25) is 0 Å². The summed E-state index contributed by atoms with van der Waals surface area (Å²) in [4.78, 5) is 65.9. The summed E-state index contributed by atoms with van der Waals surface area (Å²) in [6.07, 6.45) is -0.574. The van der Waals surface area contributed by atoms with Crippen LogP contribution in [0.4, 0.5) is 0 Å². The number of nitrogens with zero attached hydrogens (tertiary/aromatic N) is 1. The lowest BCUT2D eigenvalue weighted by Gasteiger charge is -2.37. The van der Waals surface area contributed by atoms with Gasteiger partial charge in [-0.05, 0) is 60.6 Å². The van der Waals surface area contributed by atoms with E-state index in [1.807, 2.05) is 0 Å². The van der Waals surface area contributed by atoms with Crippen LogP contribution in [-0.2, 0) is 28.6 Å². The molecule has 33 heavy (non-hydrogen) atoms. The first-order valence-corrected chi connectivity index (χ1v) is 10.5. The average Bonchev–Trinajstić information content (AvgIpc) is 2.93. The Morgan fingerprint density at radius 2 is 1.21 bits per heavy atom. The van der Waals surface area contributed by atoms with Gasteiger partial charge in [0.05, 0.1) is 18.2 Å². The highest BCUT2D eigenvalue weighted by Gasteiger charge is 2.55. The molecule has 1 aromatic carbocycles. The van der Waals surface area contributed by atoms with Crippen molar-refractivity contribution in [1.29, 1.82) is 0 Å². The molecule has 0 saturated heterocycles. The monoisotopic (exact) mass is 461 g/mol. The standard InChI is InChI=1S/C24H31NO8/c1-22(2,3)32-19(28)16(20(29)33-23(4,5)6)13-24(7,21(30)31-8)25-17(26)14-11-9-10-12-15(14)18(25)27/h9-12,16H,13H2,1-8H3. The van der Waals surface area contributed by atoms with Gasteiger partial charge in [0.2, 0.25) is 0 Å². The maximum atomic E-state index is 13.1. The first-order chi connectivity index (χ1) is 15.0. The Morgan fingerprint density at radius 1 is 0.818 bits per heavy atom. The van der Waals surface area contributed by atoms with Gasteiger partial charge in [0.25, 0.3) is 11.8 Å². The molecule has 1 aliphatic rings. The lowest BCUT2D eigenvalue weighted by Crippen LogP contribution is -2.58. The van der Waals surface area contributed by atoms with Gasteiger partial charge in [0.15, 0.2) is 5.92 Å². The number of hydrogen-bond acceptors (Lipinski definition) is 8. The lowest BCUT2D eigenvalue weighted by molar-refractivity contribution is -0.177. The van der Waals surface area contributed by atoms with Crippen molar-refractivity contribution in [3.63, 3.8) is 0 Å². The molecule has 0 aliphatic carbocycles. The van der Waals surface area contributed by atoms with E-state index in [4.69, 9.17) is 14.2 Å². The van der Waals surface area contributed by atoms with Gasteiger partial charge in [0.1, 0.15) is 16.7 Å².